The molecule has 0 aliphatic carbocycles. The predicted octanol–water partition coefficient (Wildman–Crippen LogP) is 0.473. The van der Waals surface area contributed by atoms with Crippen molar-refractivity contribution in [2.75, 3.05) is 14.2 Å². The number of hydrogen-bond acceptors (Lipinski definition) is 7. The van der Waals surface area contributed by atoms with E-state index in [4.69, 9.17) is 9.84 Å². The Labute approximate surface area is 118 Å². The van der Waals surface area contributed by atoms with Crippen molar-refractivity contribution in [1.82, 2.24) is 0 Å². The minimum Gasteiger partial charge on any atom is -0.507 e. The zero-order chi connectivity index (χ0) is 16.2. The van der Waals surface area contributed by atoms with Crippen molar-refractivity contribution in [3.8, 4) is 17.2 Å². The maximum Gasteiger partial charge on any atom is 0.342 e. The van der Waals surface area contributed by atoms with E-state index < -0.39 is 40.4 Å². The van der Waals surface area contributed by atoms with E-state index in [2.05, 4.69) is 4.74 Å². The Balaban J connectivity index is 3.37. The molecule has 0 aliphatic heterocycles. The van der Waals surface area contributed by atoms with Gasteiger partial charge in [0.05, 0.1) is 19.8 Å². The lowest BCUT2D eigenvalue weighted by atomic mass is 10.0. The Kier molecular flexibility index (Phi) is 4.90. The minimum atomic E-state index is -1.54. The van der Waals surface area contributed by atoms with Crippen molar-refractivity contribution in [3.05, 3.63) is 29.3 Å². The molecule has 0 saturated heterocycles. The van der Waals surface area contributed by atoms with E-state index in [1.54, 1.807) is 0 Å². The molecule has 112 valence electrons. The first-order valence-electron chi connectivity index (χ1n) is 5.49. The van der Waals surface area contributed by atoms with Gasteiger partial charge in [0, 0.05) is 12.1 Å². The number of esters is 1. The summed E-state index contributed by atoms with van der Waals surface area (Å²) in [5.41, 5.74) is -1.27. The summed E-state index contributed by atoms with van der Waals surface area (Å²) >= 11 is 0. The third-order valence-corrected chi connectivity index (χ3v) is 2.46. The summed E-state index contributed by atoms with van der Waals surface area (Å²) in [6, 6.07) is 1.81. The first-order chi connectivity index (χ1) is 9.81. The molecule has 8 nitrogen and oxygen atoms in total. The number of carboxylic acids is 1. The van der Waals surface area contributed by atoms with Crippen LogP contribution in [0, 0.1) is 0 Å². The van der Waals surface area contributed by atoms with Crippen LogP contribution in [0.5, 0.6) is 17.2 Å². The number of ether oxygens (including phenoxy) is 2. The van der Waals surface area contributed by atoms with E-state index >= 15 is 0 Å². The van der Waals surface area contributed by atoms with E-state index in [0.29, 0.717) is 6.08 Å². The Morgan fingerprint density at radius 2 is 1.71 bits per heavy atom. The summed E-state index contributed by atoms with van der Waals surface area (Å²) in [5.74, 6) is -4.98. The minimum absolute atomic E-state index is 0.0918. The van der Waals surface area contributed by atoms with Crippen LogP contribution in [0.1, 0.15) is 10.4 Å². The summed E-state index contributed by atoms with van der Waals surface area (Å²) in [4.78, 5) is 34.2. The molecule has 8 heteroatoms. The molecule has 0 radical (unpaired) electrons. The second-order valence-corrected chi connectivity index (χ2v) is 3.76. The van der Waals surface area contributed by atoms with Gasteiger partial charge in [0.2, 0.25) is 5.78 Å². The van der Waals surface area contributed by atoms with Gasteiger partial charge in [0.1, 0.15) is 11.3 Å². The third kappa shape index (κ3) is 3.50. The fourth-order valence-corrected chi connectivity index (χ4v) is 1.50. The van der Waals surface area contributed by atoms with Gasteiger partial charge >= 0.3 is 11.9 Å². The number of phenols is 2. The normalized spacial score (nSPS) is 10.9. The van der Waals surface area contributed by atoms with Gasteiger partial charge in [-0.25, -0.2) is 9.59 Å². The van der Waals surface area contributed by atoms with Crippen molar-refractivity contribution in [2.24, 2.45) is 0 Å². The zero-order valence-electron chi connectivity index (χ0n) is 11.1. The molecule has 0 heterocycles. The van der Waals surface area contributed by atoms with Crippen molar-refractivity contribution < 1.29 is 39.2 Å². The molecule has 0 bridgehead atoms. The van der Waals surface area contributed by atoms with Gasteiger partial charge in [-0.3, -0.25) is 4.79 Å². The number of phenolic OH excluding ortho intramolecular Hbond substituents is 2. The molecule has 0 amide bonds. The molecule has 1 aromatic carbocycles. The SMILES string of the molecule is COC(=O)/C(=C\C(=O)O)C(=O)c1cc(O)c(OC)cc1O. The maximum atomic E-state index is 12.1. The second-order valence-electron chi connectivity index (χ2n) is 3.76. The molecular weight excluding hydrogens is 284 g/mol. The van der Waals surface area contributed by atoms with Gasteiger partial charge in [-0.15, -0.1) is 0 Å². The summed E-state index contributed by atoms with van der Waals surface area (Å²) in [6.07, 6.45) is 0.356. The van der Waals surface area contributed by atoms with Crippen LogP contribution in [0.15, 0.2) is 23.8 Å². The number of carbonyl (C=O) groups is 3. The van der Waals surface area contributed by atoms with Crippen LogP contribution < -0.4 is 4.74 Å². The lowest BCUT2D eigenvalue weighted by molar-refractivity contribution is -0.137. The van der Waals surface area contributed by atoms with Crippen LogP contribution in [0.2, 0.25) is 0 Å². The first kappa shape index (κ1) is 16.0. The summed E-state index contributed by atoms with van der Waals surface area (Å²) in [6.45, 7) is 0. The molecule has 0 aliphatic rings. The number of aromatic hydroxyl groups is 2. The quantitative estimate of drug-likeness (QED) is 0.178. The van der Waals surface area contributed by atoms with Gasteiger partial charge in [0.25, 0.3) is 0 Å². The lowest BCUT2D eigenvalue weighted by Gasteiger charge is -2.09. The monoisotopic (exact) mass is 296 g/mol. The van der Waals surface area contributed by atoms with Crippen molar-refractivity contribution in [3.63, 3.8) is 0 Å². The van der Waals surface area contributed by atoms with Gasteiger partial charge in [-0.05, 0) is 6.07 Å². The fraction of sp³-hybridized carbons (Fsp3) is 0.154. The van der Waals surface area contributed by atoms with Crippen LogP contribution in [0.4, 0.5) is 0 Å². The lowest BCUT2D eigenvalue weighted by Crippen LogP contribution is -2.16. The standard InChI is InChI=1S/C13H12O8/c1-20-10-5-8(14)6(3-9(10)15)12(18)7(4-11(16)17)13(19)21-2/h3-5,14-15H,1-2H3,(H,16,17)/b7-4-. The highest BCUT2D eigenvalue weighted by Crippen LogP contribution is 2.34. The number of carbonyl (C=O) groups excluding carboxylic acids is 2. The van der Waals surface area contributed by atoms with Crippen molar-refractivity contribution in [1.29, 1.82) is 0 Å². The molecule has 0 spiro atoms. The average Bonchev–Trinajstić information content (AvgIpc) is 2.44. The van der Waals surface area contributed by atoms with E-state index in [9.17, 15) is 24.6 Å². The highest BCUT2D eigenvalue weighted by Gasteiger charge is 2.25. The Hall–Kier alpha value is -3.03. The third-order valence-electron chi connectivity index (χ3n) is 2.46. The van der Waals surface area contributed by atoms with Gasteiger partial charge in [0.15, 0.2) is 11.5 Å². The molecule has 3 N–H and O–H groups in total. The molecular formula is C13H12O8. The number of ketones is 1. The number of benzene rings is 1. The molecule has 0 saturated carbocycles. The zero-order valence-corrected chi connectivity index (χ0v) is 11.1. The fourth-order valence-electron chi connectivity index (χ4n) is 1.50. The van der Waals surface area contributed by atoms with Crippen LogP contribution in [0.25, 0.3) is 0 Å². The largest absolute Gasteiger partial charge is 0.507 e. The smallest absolute Gasteiger partial charge is 0.342 e. The van der Waals surface area contributed by atoms with E-state index in [1.165, 1.54) is 7.11 Å². The topological polar surface area (TPSA) is 130 Å². The van der Waals surface area contributed by atoms with Crippen LogP contribution in [0.3, 0.4) is 0 Å². The molecule has 1 aromatic rings. The van der Waals surface area contributed by atoms with Gasteiger partial charge < -0.3 is 24.8 Å². The van der Waals surface area contributed by atoms with Crippen LogP contribution in [-0.4, -0.2) is 47.3 Å². The number of carboxylic acid groups (broad SMARTS) is 1. The van der Waals surface area contributed by atoms with E-state index in [0.717, 1.165) is 19.2 Å². The Morgan fingerprint density at radius 1 is 1.10 bits per heavy atom. The van der Waals surface area contributed by atoms with Gasteiger partial charge in [-0.1, -0.05) is 0 Å². The number of Topliss-reactive ketones (excluding diaryl/α,β-unsaturated/α-hetero) is 1. The number of hydrogen-bond donors (Lipinski definition) is 3. The molecule has 0 atom stereocenters. The number of methoxy groups -OCH3 is 2. The van der Waals surface area contributed by atoms with Gasteiger partial charge in [-0.2, -0.15) is 0 Å². The highest BCUT2D eigenvalue weighted by molar-refractivity contribution is 6.26. The summed E-state index contributed by atoms with van der Waals surface area (Å²) in [5, 5.41) is 28.0. The average molecular weight is 296 g/mol. The van der Waals surface area contributed by atoms with E-state index in [1.807, 2.05) is 0 Å². The van der Waals surface area contributed by atoms with Crippen LogP contribution in [-0.2, 0) is 14.3 Å². The number of aliphatic carboxylic acids is 1. The maximum absolute atomic E-state index is 12.1. The second kappa shape index (κ2) is 6.42. The van der Waals surface area contributed by atoms with Crippen molar-refractivity contribution in [2.45, 2.75) is 0 Å². The summed E-state index contributed by atoms with van der Waals surface area (Å²) in [7, 11) is 2.21. The molecule has 21 heavy (non-hydrogen) atoms. The van der Waals surface area contributed by atoms with Crippen LogP contribution >= 0.6 is 0 Å². The Morgan fingerprint density at radius 3 is 2.19 bits per heavy atom. The van der Waals surface area contributed by atoms with E-state index in [-0.39, 0.29) is 5.75 Å². The molecule has 0 fully saturated rings. The number of rotatable bonds is 5. The molecule has 1 rings (SSSR count). The first-order valence-corrected chi connectivity index (χ1v) is 5.49. The summed E-state index contributed by atoms with van der Waals surface area (Å²) < 4.78 is 9.04. The highest BCUT2D eigenvalue weighted by atomic mass is 16.5. The predicted molar refractivity (Wildman–Crippen MR) is 68.4 cm³/mol. The molecule has 0 unspecified atom stereocenters. The molecule has 0 aromatic heterocycles. The Bertz CT molecular complexity index is 629. The van der Waals surface area contributed by atoms with Crippen molar-refractivity contribution >= 4 is 17.7 Å².